The Kier molecular flexibility index (Phi) is 6.76. The molecule has 0 N–H and O–H groups in total. The van der Waals surface area contributed by atoms with Crippen LogP contribution in [0, 0.1) is 0 Å². The van der Waals surface area contributed by atoms with Gasteiger partial charge in [-0.2, -0.15) is 0 Å². The number of anilines is 3. The van der Waals surface area contributed by atoms with E-state index in [1.165, 1.54) is 52.8 Å². The quantitative estimate of drug-likeness (QED) is 0.167. The smallest absolute Gasteiger partial charge is 0.145 e. The maximum Gasteiger partial charge on any atom is 0.145 e. The number of benzene rings is 9. The Balaban J connectivity index is 1.27. The molecule has 0 spiro atoms. The van der Waals surface area contributed by atoms with Gasteiger partial charge in [0.25, 0.3) is 0 Å². The minimum Gasteiger partial charge on any atom is -0.455 e. The molecule has 11 rings (SSSR count). The second kappa shape index (κ2) is 11.9. The Morgan fingerprint density at radius 2 is 1.02 bits per heavy atom. The van der Waals surface area contributed by atoms with Crippen LogP contribution in [-0.2, 0) is 0 Å². The van der Waals surface area contributed by atoms with Crippen LogP contribution in [-0.4, -0.2) is 0 Å². The van der Waals surface area contributed by atoms with Gasteiger partial charge >= 0.3 is 0 Å². The monoisotopic (exact) mass is 693 g/mol. The van der Waals surface area contributed by atoms with E-state index >= 15 is 0 Å². The number of rotatable bonds is 5. The third-order valence-corrected chi connectivity index (χ3v) is 11.9. The summed E-state index contributed by atoms with van der Waals surface area (Å²) in [6, 6.07) is 67.9. The lowest BCUT2D eigenvalue weighted by molar-refractivity contribution is 0.670. The fourth-order valence-corrected chi connectivity index (χ4v) is 9.49. The molecule has 11 aromatic rings. The molecule has 0 saturated carbocycles. The van der Waals surface area contributed by atoms with Crippen molar-refractivity contribution in [2.75, 3.05) is 4.90 Å². The van der Waals surface area contributed by atoms with Gasteiger partial charge in [0.2, 0.25) is 0 Å². The molecule has 0 radical (unpaired) electrons. The number of hydrogen-bond acceptors (Lipinski definition) is 3. The van der Waals surface area contributed by atoms with Crippen LogP contribution in [0.3, 0.4) is 0 Å². The lowest BCUT2D eigenvalue weighted by atomic mass is 9.97. The fraction of sp³-hybridized carbons (Fsp3) is 0. The highest BCUT2D eigenvalue weighted by atomic mass is 32.1. The Hall–Kier alpha value is -6.68. The summed E-state index contributed by atoms with van der Waals surface area (Å²) in [5.41, 5.74) is 9.74. The van der Waals surface area contributed by atoms with E-state index in [0.29, 0.717) is 0 Å². The van der Waals surface area contributed by atoms with E-state index in [9.17, 15) is 0 Å². The lowest BCUT2D eigenvalue weighted by Crippen LogP contribution is -2.11. The first kappa shape index (κ1) is 30.0. The summed E-state index contributed by atoms with van der Waals surface area (Å²) in [5, 5.41) is 9.65. The van der Waals surface area contributed by atoms with Crippen molar-refractivity contribution in [2.24, 2.45) is 0 Å². The SMILES string of the molecule is c1ccc(-c2ccc(N(c3ccc4c(ccc5ccccc54)c3)c3ccc(-c4ccccc4)c4sc5ccccc5c34)c3c2oc2ccccc23)cc1. The van der Waals surface area contributed by atoms with Crippen molar-refractivity contribution in [1.29, 1.82) is 0 Å². The second-order valence-electron chi connectivity index (χ2n) is 13.6. The summed E-state index contributed by atoms with van der Waals surface area (Å²) in [6.07, 6.45) is 0. The van der Waals surface area contributed by atoms with Gasteiger partial charge in [0.15, 0.2) is 0 Å². The minimum absolute atomic E-state index is 0.877. The topological polar surface area (TPSA) is 16.4 Å². The molecule has 0 unspecified atom stereocenters. The molecule has 0 aliphatic heterocycles. The largest absolute Gasteiger partial charge is 0.455 e. The summed E-state index contributed by atoms with van der Waals surface area (Å²) < 4.78 is 9.37. The van der Waals surface area contributed by atoms with Crippen molar-refractivity contribution in [1.82, 2.24) is 0 Å². The van der Waals surface area contributed by atoms with E-state index in [1.807, 2.05) is 11.3 Å². The molecule has 0 saturated heterocycles. The average molecular weight is 694 g/mol. The van der Waals surface area contributed by atoms with Crippen molar-refractivity contribution in [2.45, 2.75) is 0 Å². The van der Waals surface area contributed by atoms with Crippen molar-refractivity contribution >= 4 is 92.1 Å². The van der Waals surface area contributed by atoms with Crippen LogP contribution in [0.15, 0.2) is 192 Å². The number of hydrogen-bond donors (Lipinski definition) is 0. The van der Waals surface area contributed by atoms with Gasteiger partial charge in [-0.05, 0) is 80.7 Å². The molecular formula is C50H31NOS. The molecule has 53 heavy (non-hydrogen) atoms. The Labute approximate surface area is 310 Å². The Morgan fingerprint density at radius 1 is 0.415 bits per heavy atom. The van der Waals surface area contributed by atoms with E-state index in [1.54, 1.807) is 0 Å². The molecule has 248 valence electrons. The minimum atomic E-state index is 0.877. The molecule has 0 bridgehead atoms. The zero-order valence-electron chi connectivity index (χ0n) is 28.7. The maximum atomic E-state index is 6.81. The van der Waals surface area contributed by atoms with E-state index < -0.39 is 0 Å². The molecular weight excluding hydrogens is 663 g/mol. The van der Waals surface area contributed by atoms with E-state index in [-0.39, 0.29) is 0 Å². The number of fused-ring (bicyclic) bond motifs is 9. The predicted molar refractivity (Wildman–Crippen MR) is 227 cm³/mol. The van der Waals surface area contributed by atoms with Gasteiger partial charge in [0.1, 0.15) is 11.2 Å². The standard InChI is InChI=1S/C50H31NOS/c1-3-13-32(14-4-1)39-27-29-43(47-41-19-9-11-21-45(41)52-49(39)47)51(36-25-26-38-35(31-36)24-23-34-17-7-8-18-37(34)38)44-30-28-40(33-15-5-2-6-16-33)50-48(44)42-20-10-12-22-46(42)53-50/h1-31H. The van der Waals surface area contributed by atoms with Crippen molar-refractivity contribution in [3.8, 4) is 22.3 Å². The van der Waals surface area contributed by atoms with Crippen LogP contribution in [0.4, 0.5) is 17.1 Å². The Morgan fingerprint density at radius 3 is 1.83 bits per heavy atom. The van der Waals surface area contributed by atoms with Gasteiger partial charge in [0, 0.05) is 36.8 Å². The zero-order valence-corrected chi connectivity index (χ0v) is 29.5. The molecule has 9 aromatic carbocycles. The van der Waals surface area contributed by atoms with Gasteiger partial charge in [-0.3, -0.25) is 0 Å². The van der Waals surface area contributed by atoms with Gasteiger partial charge in [-0.15, -0.1) is 11.3 Å². The Bertz CT molecular complexity index is 3020. The molecule has 2 heterocycles. The van der Waals surface area contributed by atoms with Crippen LogP contribution in [0.25, 0.3) is 85.9 Å². The molecule has 0 atom stereocenters. The lowest BCUT2D eigenvalue weighted by Gasteiger charge is -2.28. The normalized spacial score (nSPS) is 11.8. The van der Waals surface area contributed by atoms with Crippen LogP contribution in [0.1, 0.15) is 0 Å². The highest BCUT2D eigenvalue weighted by molar-refractivity contribution is 7.26. The number of furan rings is 1. The first-order valence-electron chi connectivity index (χ1n) is 18.0. The number of para-hydroxylation sites is 1. The highest BCUT2D eigenvalue weighted by Crippen LogP contribution is 2.51. The van der Waals surface area contributed by atoms with Crippen molar-refractivity contribution < 1.29 is 4.42 Å². The maximum absolute atomic E-state index is 6.81. The zero-order chi connectivity index (χ0) is 34.9. The number of nitrogens with zero attached hydrogens (tertiary/aromatic N) is 1. The third-order valence-electron chi connectivity index (χ3n) is 10.6. The molecule has 3 heteroatoms. The summed E-state index contributed by atoms with van der Waals surface area (Å²) in [4.78, 5) is 2.48. The summed E-state index contributed by atoms with van der Waals surface area (Å²) in [6.45, 7) is 0. The van der Waals surface area contributed by atoms with Crippen LogP contribution in [0.5, 0.6) is 0 Å². The van der Waals surface area contributed by atoms with Gasteiger partial charge in [-0.1, -0.05) is 146 Å². The first-order chi connectivity index (χ1) is 26.3. The highest BCUT2D eigenvalue weighted by Gasteiger charge is 2.25. The van der Waals surface area contributed by atoms with Crippen LogP contribution >= 0.6 is 11.3 Å². The van der Waals surface area contributed by atoms with Gasteiger partial charge in [0.05, 0.1) is 16.8 Å². The predicted octanol–water partition coefficient (Wildman–Crippen LogP) is 15.1. The summed E-state index contributed by atoms with van der Waals surface area (Å²) in [7, 11) is 0. The van der Waals surface area contributed by atoms with Crippen molar-refractivity contribution in [3.05, 3.63) is 188 Å². The number of thiophene rings is 1. The molecule has 2 nitrogen and oxygen atoms in total. The average Bonchev–Trinajstić information content (AvgIpc) is 3.81. The van der Waals surface area contributed by atoms with E-state index in [4.69, 9.17) is 4.42 Å². The van der Waals surface area contributed by atoms with Gasteiger partial charge < -0.3 is 9.32 Å². The second-order valence-corrected chi connectivity index (χ2v) is 14.7. The summed E-state index contributed by atoms with van der Waals surface area (Å²) >= 11 is 1.87. The fourth-order valence-electron chi connectivity index (χ4n) is 8.23. The van der Waals surface area contributed by atoms with E-state index in [0.717, 1.165) is 50.1 Å². The molecule has 0 fully saturated rings. The summed E-state index contributed by atoms with van der Waals surface area (Å²) in [5.74, 6) is 0. The van der Waals surface area contributed by atoms with Crippen LogP contribution < -0.4 is 4.90 Å². The first-order valence-corrected chi connectivity index (χ1v) is 18.8. The molecule has 0 aliphatic carbocycles. The molecule has 2 aromatic heterocycles. The third kappa shape index (κ3) is 4.71. The molecule has 0 amide bonds. The van der Waals surface area contributed by atoms with Crippen molar-refractivity contribution in [3.63, 3.8) is 0 Å². The van der Waals surface area contributed by atoms with Crippen LogP contribution in [0.2, 0.25) is 0 Å². The molecule has 0 aliphatic rings. The van der Waals surface area contributed by atoms with Gasteiger partial charge in [-0.25, -0.2) is 0 Å². The van der Waals surface area contributed by atoms with E-state index in [2.05, 4.69) is 193 Å².